The van der Waals surface area contributed by atoms with Crippen molar-refractivity contribution in [1.82, 2.24) is 15.5 Å². The van der Waals surface area contributed by atoms with Gasteiger partial charge in [-0.2, -0.15) is 4.98 Å². The largest absolute Gasteiger partial charge is 0.494 e. The molecule has 1 aromatic carbocycles. The molecule has 4 rings (SSSR count). The highest BCUT2D eigenvalue weighted by molar-refractivity contribution is 5.95. The van der Waals surface area contributed by atoms with Crippen LogP contribution in [-0.2, 0) is 10.2 Å². The van der Waals surface area contributed by atoms with Gasteiger partial charge in [0, 0.05) is 24.7 Å². The molecular formula is C25H36N4O5. The van der Waals surface area contributed by atoms with Crippen LogP contribution in [0.2, 0.25) is 0 Å². The molecule has 2 aliphatic rings. The second kappa shape index (κ2) is 10.7. The van der Waals surface area contributed by atoms with Gasteiger partial charge in [0.15, 0.2) is 0 Å². The van der Waals surface area contributed by atoms with Gasteiger partial charge in [-0.05, 0) is 81.3 Å². The van der Waals surface area contributed by atoms with Gasteiger partial charge in [-0.25, -0.2) is 0 Å². The summed E-state index contributed by atoms with van der Waals surface area (Å²) < 4.78 is 16.7. The second-order valence-electron chi connectivity index (χ2n) is 9.91. The molecule has 0 unspecified atom stereocenters. The van der Waals surface area contributed by atoms with E-state index in [2.05, 4.69) is 27.3 Å². The topological polar surface area (TPSA) is 110 Å². The smallest absolute Gasteiger partial charge is 0.266 e. The number of rotatable bonds is 10. The first kappa shape index (κ1) is 24.5. The molecule has 0 aliphatic carbocycles. The molecular weight excluding hydrogens is 436 g/mol. The van der Waals surface area contributed by atoms with E-state index in [1.165, 1.54) is 0 Å². The van der Waals surface area contributed by atoms with Crippen LogP contribution in [0.25, 0.3) is 0 Å². The average Bonchev–Trinajstić information content (AvgIpc) is 3.31. The predicted octanol–water partition coefficient (Wildman–Crippen LogP) is 2.85. The minimum atomic E-state index is -0.273. The van der Waals surface area contributed by atoms with Crippen LogP contribution in [0, 0.1) is 12.8 Å². The number of piperidine rings is 1. The molecule has 3 heterocycles. The summed E-state index contributed by atoms with van der Waals surface area (Å²) in [6, 6.07) is 5.23. The summed E-state index contributed by atoms with van der Waals surface area (Å²) in [6.07, 6.45) is 4.34. The highest BCUT2D eigenvalue weighted by atomic mass is 16.5. The Morgan fingerprint density at radius 3 is 2.76 bits per heavy atom. The first-order chi connectivity index (χ1) is 16.4. The molecule has 186 valence electrons. The monoisotopic (exact) mass is 472 g/mol. The third-order valence-corrected chi connectivity index (χ3v) is 6.79. The van der Waals surface area contributed by atoms with Crippen LogP contribution in [0.1, 0.15) is 61.3 Å². The zero-order valence-electron chi connectivity index (χ0n) is 20.4. The lowest BCUT2D eigenvalue weighted by molar-refractivity contribution is -0.0644. The van der Waals surface area contributed by atoms with Crippen molar-refractivity contribution in [2.75, 3.05) is 44.4 Å². The van der Waals surface area contributed by atoms with Gasteiger partial charge in [0.1, 0.15) is 5.75 Å². The number of anilines is 1. The van der Waals surface area contributed by atoms with Gasteiger partial charge in [0.25, 0.3) is 11.9 Å². The molecule has 2 aromatic rings. The molecule has 1 amide bonds. The maximum Gasteiger partial charge on any atom is 0.266 e. The number of benzene rings is 1. The van der Waals surface area contributed by atoms with Gasteiger partial charge >= 0.3 is 0 Å². The molecule has 0 bridgehead atoms. The predicted molar refractivity (Wildman–Crippen MR) is 127 cm³/mol. The molecule has 2 fully saturated rings. The van der Waals surface area contributed by atoms with Gasteiger partial charge in [-0.3, -0.25) is 4.79 Å². The van der Waals surface area contributed by atoms with Crippen molar-refractivity contribution < 1.29 is 23.9 Å². The number of aliphatic hydroxyl groups is 1. The third kappa shape index (κ3) is 5.70. The number of aromatic nitrogens is 2. The van der Waals surface area contributed by atoms with Crippen LogP contribution in [0.15, 0.2) is 22.7 Å². The molecule has 0 saturated carbocycles. The van der Waals surface area contributed by atoms with Crippen LogP contribution in [0.5, 0.6) is 5.75 Å². The molecule has 9 nitrogen and oxygen atoms in total. The Kier molecular flexibility index (Phi) is 7.73. The van der Waals surface area contributed by atoms with Gasteiger partial charge in [-0.15, -0.1) is 0 Å². The Bertz CT molecular complexity index is 966. The lowest BCUT2D eigenvalue weighted by Crippen LogP contribution is -2.44. The molecule has 1 aromatic heterocycles. The number of nitrogens with one attached hydrogen (secondary N) is 1. The van der Waals surface area contributed by atoms with Gasteiger partial charge in [-0.1, -0.05) is 0 Å². The molecule has 9 heteroatoms. The molecule has 34 heavy (non-hydrogen) atoms. The summed E-state index contributed by atoms with van der Waals surface area (Å²) in [5.74, 6) is 2.64. The highest BCUT2D eigenvalue weighted by Crippen LogP contribution is 2.32. The fraction of sp³-hybridized carbons (Fsp3) is 0.640. The number of aliphatic hydroxyl groups excluding tert-OH is 1. The fourth-order valence-corrected chi connectivity index (χ4v) is 4.43. The van der Waals surface area contributed by atoms with Gasteiger partial charge in [0.2, 0.25) is 5.89 Å². The van der Waals surface area contributed by atoms with E-state index in [0.717, 1.165) is 50.1 Å². The van der Waals surface area contributed by atoms with Crippen molar-refractivity contribution >= 4 is 11.9 Å². The van der Waals surface area contributed by atoms with E-state index in [1.54, 1.807) is 13.0 Å². The van der Waals surface area contributed by atoms with E-state index in [-0.39, 0.29) is 24.0 Å². The van der Waals surface area contributed by atoms with E-state index >= 15 is 0 Å². The van der Waals surface area contributed by atoms with Crippen LogP contribution in [0.4, 0.5) is 5.95 Å². The van der Waals surface area contributed by atoms with E-state index in [1.807, 2.05) is 19.1 Å². The number of ether oxygens (including phenoxy) is 2. The molecule has 0 spiro atoms. The molecule has 0 radical (unpaired) electrons. The summed E-state index contributed by atoms with van der Waals surface area (Å²) in [5, 5.41) is 16.1. The Labute approximate surface area is 200 Å². The Morgan fingerprint density at radius 1 is 1.35 bits per heavy atom. The number of nitrogens with zero attached hydrogens (tertiary/aromatic N) is 3. The van der Waals surface area contributed by atoms with Crippen molar-refractivity contribution in [3.63, 3.8) is 0 Å². The van der Waals surface area contributed by atoms with Crippen molar-refractivity contribution in [2.45, 2.75) is 57.9 Å². The first-order valence-corrected chi connectivity index (χ1v) is 12.2. The SMILES string of the molecule is Cc1cc(OCCCC2CCN(c3noc(C4(C)COC4)n3)CC2)ccc1C(=O)N[C@H](C)CO. The van der Waals surface area contributed by atoms with Crippen LogP contribution in [-0.4, -0.2) is 66.7 Å². The van der Waals surface area contributed by atoms with Crippen LogP contribution >= 0.6 is 0 Å². The quantitative estimate of drug-likeness (QED) is 0.508. The molecule has 2 N–H and O–H groups in total. The van der Waals surface area contributed by atoms with E-state index < -0.39 is 0 Å². The maximum absolute atomic E-state index is 12.3. The van der Waals surface area contributed by atoms with E-state index in [4.69, 9.17) is 19.1 Å². The Balaban J connectivity index is 1.16. The summed E-state index contributed by atoms with van der Waals surface area (Å²) in [5.41, 5.74) is 1.33. The maximum atomic E-state index is 12.3. The van der Waals surface area contributed by atoms with Crippen molar-refractivity contribution in [1.29, 1.82) is 0 Å². The highest BCUT2D eigenvalue weighted by Gasteiger charge is 2.41. The summed E-state index contributed by atoms with van der Waals surface area (Å²) in [7, 11) is 0. The van der Waals surface area contributed by atoms with E-state index in [0.29, 0.717) is 43.1 Å². The number of hydrogen-bond acceptors (Lipinski definition) is 8. The fourth-order valence-electron chi connectivity index (χ4n) is 4.43. The zero-order chi connectivity index (χ0) is 24.1. The van der Waals surface area contributed by atoms with E-state index in [9.17, 15) is 4.79 Å². The van der Waals surface area contributed by atoms with Crippen molar-refractivity contribution in [2.24, 2.45) is 5.92 Å². The van der Waals surface area contributed by atoms with Gasteiger partial charge < -0.3 is 29.3 Å². The van der Waals surface area contributed by atoms with Crippen LogP contribution in [0.3, 0.4) is 0 Å². The minimum absolute atomic E-state index is 0.0850. The average molecular weight is 473 g/mol. The third-order valence-electron chi connectivity index (χ3n) is 6.79. The van der Waals surface area contributed by atoms with Crippen LogP contribution < -0.4 is 15.0 Å². The van der Waals surface area contributed by atoms with Crippen molar-refractivity contribution in [3.8, 4) is 5.75 Å². The summed E-state index contributed by atoms with van der Waals surface area (Å²) in [4.78, 5) is 19.1. The Morgan fingerprint density at radius 2 is 2.12 bits per heavy atom. The molecule has 2 aliphatic heterocycles. The number of amides is 1. The number of carbonyl (C=O) groups is 1. The molecule has 1 atom stereocenters. The standard InChI is InChI=1S/C25H36N4O5/c1-17-13-20(6-7-21(17)22(31)26-18(2)14-30)33-12-4-5-19-8-10-29(11-9-19)24-27-23(34-28-24)25(3)15-32-16-25/h6-7,13,18-19,30H,4-5,8-12,14-16H2,1-3H3,(H,26,31)/t18-/m1/s1. The summed E-state index contributed by atoms with van der Waals surface area (Å²) in [6.45, 7) is 9.48. The lowest BCUT2D eigenvalue weighted by Gasteiger charge is -2.34. The number of hydrogen-bond donors (Lipinski definition) is 2. The number of aryl methyl sites for hydroxylation is 1. The van der Waals surface area contributed by atoms with Crippen molar-refractivity contribution in [3.05, 3.63) is 35.2 Å². The minimum Gasteiger partial charge on any atom is -0.494 e. The lowest BCUT2D eigenvalue weighted by atomic mass is 9.89. The second-order valence-corrected chi connectivity index (χ2v) is 9.91. The molecule has 2 saturated heterocycles. The first-order valence-electron chi connectivity index (χ1n) is 12.2. The zero-order valence-corrected chi connectivity index (χ0v) is 20.4. The number of carbonyl (C=O) groups excluding carboxylic acids is 1. The normalized spacial score (nSPS) is 18.9. The summed E-state index contributed by atoms with van der Waals surface area (Å²) >= 11 is 0. The van der Waals surface area contributed by atoms with Gasteiger partial charge in [0.05, 0.1) is 31.8 Å². The Hall–Kier alpha value is -2.65.